The van der Waals surface area contributed by atoms with Crippen LogP contribution in [0.5, 0.6) is 5.75 Å². The minimum atomic E-state index is -1.23. The van der Waals surface area contributed by atoms with E-state index in [2.05, 4.69) is 0 Å². The largest absolute Gasteiger partial charge is 0.505 e. The molecule has 0 saturated heterocycles. The smallest absolute Gasteiger partial charge is 0.200 e. The third-order valence-corrected chi connectivity index (χ3v) is 2.09. The van der Waals surface area contributed by atoms with Crippen LogP contribution in [-0.4, -0.2) is 5.11 Å². The van der Waals surface area contributed by atoms with Crippen LogP contribution in [-0.2, 0) is 0 Å². The maximum absolute atomic E-state index is 13.2. The van der Waals surface area contributed by atoms with E-state index in [1.165, 1.54) is 6.07 Å². The molecule has 0 aliphatic rings. The summed E-state index contributed by atoms with van der Waals surface area (Å²) in [7, 11) is 0. The van der Waals surface area contributed by atoms with Crippen molar-refractivity contribution in [1.29, 1.82) is 0 Å². The molecule has 4 heteroatoms. The van der Waals surface area contributed by atoms with Crippen molar-refractivity contribution < 1.29 is 13.9 Å². The van der Waals surface area contributed by atoms with Gasteiger partial charge in [-0.15, -0.1) is 0 Å². The van der Waals surface area contributed by atoms with Gasteiger partial charge >= 0.3 is 0 Å². The summed E-state index contributed by atoms with van der Waals surface area (Å²) < 4.78 is 26.1. The van der Waals surface area contributed by atoms with Crippen molar-refractivity contribution in [2.24, 2.45) is 5.73 Å². The molecule has 2 nitrogen and oxygen atoms in total. The van der Waals surface area contributed by atoms with E-state index in [0.29, 0.717) is 6.42 Å². The van der Waals surface area contributed by atoms with E-state index in [9.17, 15) is 8.78 Å². The normalized spacial score (nSPS) is 12.9. The molecule has 0 saturated carbocycles. The number of hydrogen-bond acceptors (Lipinski definition) is 2. The second-order valence-electron chi connectivity index (χ2n) is 3.20. The van der Waals surface area contributed by atoms with Gasteiger partial charge in [0.1, 0.15) is 0 Å². The zero-order valence-corrected chi connectivity index (χ0v) is 7.93. The minimum absolute atomic E-state index is 0.113. The van der Waals surface area contributed by atoms with Gasteiger partial charge in [0.15, 0.2) is 11.6 Å². The Labute approximate surface area is 81.4 Å². The van der Waals surface area contributed by atoms with Gasteiger partial charge in [-0.05, 0) is 12.5 Å². The molecule has 0 bridgehead atoms. The second-order valence-corrected chi connectivity index (χ2v) is 3.20. The summed E-state index contributed by atoms with van der Waals surface area (Å²) >= 11 is 0. The second kappa shape index (κ2) is 4.37. The summed E-state index contributed by atoms with van der Waals surface area (Å²) in [5.41, 5.74) is 5.75. The first kappa shape index (κ1) is 10.9. The van der Waals surface area contributed by atoms with Crippen LogP contribution in [0.15, 0.2) is 12.1 Å². The van der Waals surface area contributed by atoms with Crippen LogP contribution in [0.4, 0.5) is 8.78 Å². The first-order valence-electron chi connectivity index (χ1n) is 4.50. The monoisotopic (exact) mass is 201 g/mol. The van der Waals surface area contributed by atoms with Crippen molar-refractivity contribution in [3.63, 3.8) is 0 Å². The third-order valence-electron chi connectivity index (χ3n) is 2.09. The van der Waals surface area contributed by atoms with Crippen molar-refractivity contribution in [2.45, 2.75) is 25.8 Å². The summed E-state index contributed by atoms with van der Waals surface area (Å²) in [6, 6.07) is 1.91. The highest BCUT2D eigenvalue weighted by molar-refractivity contribution is 5.31. The lowest BCUT2D eigenvalue weighted by atomic mass is 10.0. The highest BCUT2D eigenvalue weighted by atomic mass is 19.2. The Morgan fingerprint density at radius 2 is 2.00 bits per heavy atom. The predicted octanol–water partition coefficient (Wildman–Crippen LogP) is 2.47. The molecule has 3 N–H and O–H groups in total. The molecule has 0 heterocycles. The van der Waals surface area contributed by atoms with Gasteiger partial charge in [0, 0.05) is 11.6 Å². The highest BCUT2D eigenvalue weighted by Crippen LogP contribution is 2.26. The maximum Gasteiger partial charge on any atom is 0.200 e. The summed E-state index contributed by atoms with van der Waals surface area (Å²) in [5.74, 6) is -2.96. The van der Waals surface area contributed by atoms with Crippen LogP contribution in [0.3, 0.4) is 0 Å². The van der Waals surface area contributed by atoms with Crippen LogP contribution < -0.4 is 5.73 Å². The average Bonchev–Trinajstić information content (AvgIpc) is 2.15. The van der Waals surface area contributed by atoms with Gasteiger partial charge < -0.3 is 10.8 Å². The summed E-state index contributed by atoms with van der Waals surface area (Å²) in [6.07, 6.45) is 1.38. The maximum atomic E-state index is 13.2. The molecule has 1 rings (SSSR count). The van der Waals surface area contributed by atoms with Gasteiger partial charge in [-0.25, -0.2) is 4.39 Å². The molecule has 0 aliphatic carbocycles. The number of hydrogen-bond donors (Lipinski definition) is 2. The fourth-order valence-electron chi connectivity index (χ4n) is 1.31. The van der Waals surface area contributed by atoms with Crippen molar-refractivity contribution >= 4 is 0 Å². The molecular formula is C10H13F2NO. The zero-order chi connectivity index (χ0) is 10.7. The number of rotatable bonds is 3. The standard InChI is InChI=1S/C10H13F2NO/c1-2-3-7(13)6-4-5-8(14)10(12)9(6)11/h4-5,7,14H,2-3,13H2,1H3. The van der Waals surface area contributed by atoms with E-state index in [-0.39, 0.29) is 5.56 Å². The molecule has 0 fully saturated rings. The van der Waals surface area contributed by atoms with Crippen molar-refractivity contribution in [3.8, 4) is 5.75 Å². The van der Waals surface area contributed by atoms with E-state index in [1.807, 2.05) is 6.92 Å². The summed E-state index contributed by atoms with van der Waals surface area (Å²) in [5, 5.41) is 8.88. The van der Waals surface area contributed by atoms with E-state index < -0.39 is 23.4 Å². The van der Waals surface area contributed by atoms with Crippen LogP contribution >= 0.6 is 0 Å². The number of halogens is 2. The Kier molecular flexibility index (Phi) is 3.41. The Morgan fingerprint density at radius 1 is 1.36 bits per heavy atom. The topological polar surface area (TPSA) is 46.2 Å². The lowest BCUT2D eigenvalue weighted by Gasteiger charge is -2.12. The first-order valence-corrected chi connectivity index (χ1v) is 4.50. The lowest BCUT2D eigenvalue weighted by Crippen LogP contribution is -2.12. The third kappa shape index (κ3) is 2.01. The molecule has 1 atom stereocenters. The highest BCUT2D eigenvalue weighted by Gasteiger charge is 2.16. The molecule has 1 aromatic carbocycles. The molecular weight excluding hydrogens is 188 g/mol. The number of phenols is 1. The quantitative estimate of drug-likeness (QED) is 0.789. The summed E-state index contributed by atoms with van der Waals surface area (Å²) in [6.45, 7) is 1.91. The van der Waals surface area contributed by atoms with Gasteiger partial charge in [0.25, 0.3) is 0 Å². The fraction of sp³-hybridized carbons (Fsp3) is 0.400. The van der Waals surface area contributed by atoms with Gasteiger partial charge in [-0.3, -0.25) is 0 Å². The Morgan fingerprint density at radius 3 is 2.57 bits per heavy atom. The van der Waals surface area contributed by atoms with Crippen LogP contribution in [0, 0.1) is 11.6 Å². The number of benzene rings is 1. The van der Waals surface area contributed by atoms with Gasteiger partial charge in [0.2, 0.25) is 5.82 Å². The Balaban J connectivity index is 3.04. The molecule has 0 aromatic heterocycles. The molecule has 0 aliphatic heterocycles. The van der Waals surface area contributed by atoms with E-state index in [0.717, 1.165) is 12.5 Å². The Hall–Kier alpha value is -1.16. The Bertz CT molecular complexity index is 328. The fourth-order valence-corrected chi connectivity index (χ4v) is 1.31. The number of aromatic hydroxyl groups is 1. The van der Waals surface area contributed by atoms with Gasteiger partial charge in [-0.1, -0.05) is 19.4 Å². The molecule has 0 amide bonds. The van der Waals surface area contributed by atoms with Crippen LogP contribution in [0.2, 0.25) is 0 Å². The molecule has 78 valence electrons. The summed E-state index contributed by atoms with van der Waals surface area (Å²) in [4.78, 5) is 0. The van der Waals surface area contributed by atoms with E-state index in [4.69, 9.17) is 10.8 Å². The first-order chi connectivity index (χ1) is 6.57. The lowest BCUT2D eigenvalue weighted by molar-refractivity contribution is 0.400. The zero-order valence-electron chi connectivity index (χ0n) is 7.93. The van der Waals surface area contributed by atoms with Crippen molar-refractivity contribution in [3.05, 3.63) is 29.3 Å². The molecule has 1 unspecified atom stereocenters. The minimum Gasteiger partial charge on any atom is -0.505 e. The van der Waals surface area contributed by atoms with E-state index in [1.54, 1.807) is 0 Å². The molecule has 0 spiro atoms. The van der Waals surface area contributed by atoms with Crippen LogP contribution in [0.1, 0.15) is 31.4 Å². The van der Waals surface area contributed by atoms with Crippen LogP contribution in [0.25, 0.3) is 0 Å². The van der Waals surface area contributed by atoms with Gasteiger partial charge in [-0.2, -0.15) is 4.39 Å². The number of phenolic OH excluding ortho intramolecular Hbond substituents is 1. The van der Waals surface area contributed by atoms with Crippen molar-refractivity contribution in [2.75, 3.05) is 0 Å². The SMILES string of the molecule is CCCC(N)c1ccc(O)c(F)c1F. The predicted molar refractivity (Wildman–Crippen MR) is 49.9 cm³/mol. The number of nitrogens with two attached hydrogens (primary N) is 1. The molecule has 1 aromatic rings. The molecule has 14 heavy (non-hydrogen) atoms. The molecule has 0 radical (unpaired) electrons. The van der Waals surface area contributed by atoms with Gasteiger partial charge in [0.05, 0.1) is 0 Å². The van der Waals surface area contributed by atoms with Crippen molar-refractivity contribution in [1.82, 2.24) is 0 Å². The van der Waals surface area contributed by atoms with E-state index >= 15 is 0 Å². The average molecular weight is 201 g/mol.